The molecule has 1 aliphatic heterocycles. The van der Waals surface area contributed by atoms with Crippen LogP contribution in [0.15, 0.2) is 24.5 Å². The smallest absolute Gasteiger partial charge is 0.265 e. The van der Waals surface area contributed by atoms with Gasteiger partial charge in [0.2, 0.25) is 5.71 Å². The minimum absolute atomic E-state index is 0.262. The maximum Gasteiger partial charge on any atom is 0.533 e. The molecule has 12 heavy (non-hydrogen) atoms. The zero-order valence-electron chi connectivity index (χ0n) is 6.32. The number of hydrogen-bond acceptors (Lipinski definition) is 2. The van der Waals surface area contributed by atoms with Crippen LogP contribution in [0.25, 0.3) is 0 Å². The highest BCUT2D eigenvalue weighted by atomic mass is 16.2. The molecule has 0 aliphatic carbocycles. The fourth-order valence-corrected chi connectivity index (χ4v) is 1.07. The number of amides is 2. The summed E-state index contributed by atoms with van der Waals surface area (Å²) < 4.78 is 0. The molecule has 0 atom stereocenters. The molecule has 2 amide bonds. The number of urea groups is 1. The van der Waals surface area contributed by atoms with Crippen LogP contribution in [0.5, 0.6) is 0 Å². The molecule has 1 aromatic rings. The maximum absolute atomic E-state index is 10.7. The SMILES string of the molecule is O=C1[N+]=C(c2ccncc2)CN1. The first-order chi connectivity index (χ1) is 5.86. The van der Waals surface area contributed by atoms with Crippen LogP contribution < -0.4 is 10.3 Å². The summed E-state index contributed by atoms with van der Waals surface area (Å²) in [5.74, 6) is 0. The average molecular weight is 161 g/mol. The molecular formula is C8H7N3O+. The number of nitrogens with zero attached hydrogens (tertiary/aromatic N) is 2. The van der Waals surface area contributed by atoms with Crippen LogP contribution in [0.1, 0.15) is 5.56 Å². The zero-order chi connectivity index (χ0) is 8.39. The van der Waals surface area contributed by atoms with Crippen molar-refractivity contribution < 1.29 is 4.79 Å². The topological polar surface area (TPSA) is 56.1 Å². The van der Waals surface area contributed by atoms with Gasteiger partial charge in [-0.2, -0.15) is 4.79 Å². The van der Waals surface area contributed by atoms with E-state index in [2.05, 4.69) is 15.3 Å². The van der Waals surface area contributed by atoms with E-state index in [0.717, 1.165) is 11.3 Å². The van der Waals surface area contributed by atoms with E-state index in [-0.39, 0.29) is 6.03 Å². The lowest BCUT2D eigenvalue weighted by Crippen LogP contribution is -2.17. The molecule has 0 bridgehead atoms. The number of pyridine rings is 1. The highest BCUT2D eigenvalue weighted by Gasteiger charge is 2.25. The fraction of sp³-hybridized carbons (Fsp3) is 0.125. The van der Waals surface area contributed by atoms with Crippen LogP contribution in [0.2, 0.25) is 0 Å². The fourth-order valence-electron chi connectivity index (χ4n) is 1.07. The molecule has 59 valence electrons. The molecule has 2 rings (SSSR count). The number of hydrogen-bond donors (Lipinski definition) is 1. The van der Waals surface area contributed by atoms with E-state index in [9.17, 15) is 4.79 Å². The van der Waals surface area contributed by atoms with Gasteiger partial charge in [0.1, 0.15) is 0 Å². The van der Waals surface area contributed by atoms with E-state index in [1.54, 1.807) is 12.4 Å². The van der Waals surface area contributed by atoms with Gasteiger partial charge in [0.05, 0.1) is 0 Å². The van der Waals surface area contributed by atoms with E-state index in [0.29, 0.717) is 6.54 Å². The van der Waals surface area contributed by atoms with Crippen molar-refractivity contribution >= 4 is 11.7 Å². The monoisotopic (exact) mass is 161 g/mol. The second-order valence-electron chi connectivity index (χ2n) is 2.45. The first-order valence-corrected chi connectivity index (χ1v) is 3.62. The number of carbonyl (C=O) groups is 1. The van der Waals surface area contributed by atoms with Crippen molar-refractivity contribution in [3.8, 4) is 0 Å². The molecule has 2 heterocycles. The number of rotatable bonds is 1. The largest absolute Gasteiger partial charge is 0.533 e. The summed E-state index contributed by atoms with van der Waals surface area (Å²) in [6.07, 6.45) is 3.36. The molecular weight excluding hydrogens is 154 g/mol. The Balaban J connectivity index is 2.33. The first kappa shape index (κ1) is 6.97. The second kappa shape index (κ2) is 2.73. The molecule has 1 aliphatic rings. The van der Waals surface area contributed by atoms with Gasteiger partial charge in [-0.1, -0.05) is 0 Å². The lowest BCUT2D eigenvalue weighted by Gasteiger charge is -1.90. The van der Waals surface area contributed by atoms with E-state index in [1.807, 2.05) is 12.1 Å². The van der Waals surface area contributed by atoms with Crippen molar-refractivity contribution in [1.82, 2.24) is 15.3 Å². The summed E-state index contributed by atoms with van der Waals surface area (Å²) in [4.78, 5) is 18.4. The summed E-state index contributed by atoms with van der Waals surface area (Å²) in [6, 6.07) is 3.40. The number of aromatic nitrogens is 1. The zero-order valence-corrected chi connectivity index (χ0v) is 6.32. The molecule has 0 saturated carbocycles. The van der Waals surface area contributed by atoms with Gasteiger partial charge in [0, 0.05) is 18.0 Å². The van der Waals surface area contributed by atoms with Crippen LogP contribution in [0.4, 0.5) is 4.79 Å². The Morgan fingerprint density at radius 1 is 1.42 bits per heavy atom. The van der Waals surface area contributed by atoms with Crippen molar-refractivity contribution in [2.24, 2.45) is 0 Å². The third-order valence-electron chi connectivity index (χ3n) is 1.66. The quantitative estimate of drug-likeness (QED) is 0.626. The molecule has 0 unspecified atom stereocenters. The predicted molar refractivity (Wildman–Crippen MR) is 43.9 cm³/mol. The molecule has 4 nitrogen and oxygen atoms in total. The van der Waals surface area contributed by atoms with Crippen molar-refractivity contribution in [2.45, 2.75) is 0 Å². The van der Waals surface area contributed by atoms with Crippen LogP contribution in [0.3, 0.4) is 0 Å². The van der Waals surface area contributed by atoms with Crippen molar-refractivity contribution in [3.63, 3.8) is 0 Å². The van der Waals surface area contributed by atoms with Gasteiger partial charge in [-0.05, 0) is 17.1 Å². The molecule has 0 saturated heterocycles. The molecule has 0 aromatic carbocycles. The normalized spacial score (nSPS) is 15.7. The van der Waals surface area contributed by atoms with Crippen LogP contribution in [-0.4, -0.2) is 23.3 Å². The maximum atomic E-state index is 10.7. The van der Waals surface area contributed by atoms with Gasteiger partial charge in [-0.25, -0.2) is 5.32 Å². The van der Waals surface area contributed by atoms with E-state index in [4.69, 9.17) is 0 Å². The van der Waals surface area contributed by atoms with Gasteiger partial charge in [-0.15, -0.1) is 0 Å². The Hall–Kier alpha value is -1.71. The van der Waals surface area contributed by atoms with Gasteiger partial charge >= 0.3 is 6.03 Å². The minimum atomic E-state index is -0.262. The van der Waals surface area contributed by atoms with E-state index >= 15 is 0 Å². The van der Waals surface area contributed by atoms with E-state index in [1.165, 1.54) is 0 Å². The molecule has 1 N–H and O–H groups in total. The van der Waals surface area contributed by atoms with E-state index < -0.39 is 0 Å². The molecule has 4 heteroatoms. The highest BCUT2D eigenvalue weighted by Crippen LogP contribution is 1.98. The van der Waals surface area contributed by atoms with Gasteiger partial charge in [-0.3, -0.25) is 4.98 Å². The second-order valence-corrected chi connectivity index (χ2v) is 2.45. The lowest BCUT2D eigenvalue weighted by atomic mass is 10.2. The standard InChI is InChI=1S/C8H7N3O/c12-8-10-5-7(11-8)6-1-3-9-4-2-6/h1-4H,5H2,(H,10,12)/q+1. The molecule has 0 fully saturated rings. The van der Waals surface area contributed by atoms with Crippen molar-refractivity contribution in [3.05, 3.63) is 30.1 Å². The summed E-state index contributed by atoms with van der Waals surface area (Å²) >= 11 is 0. The predicted octanol–water partition coefficient (Wildman–Crippen LogP) is -0.0703. The lowest BCUT2D eigenvalue weighted by molar-refractivity contribution is 0.249. The minimum Gasteiger partial charge on any atom is -0.265 e. The molecule has 1 aromatic heterocycles. The van der Waals surface area contributed by atoms with Gasteiger partial charge < -0.3 is 0 Å². The number of carbonyl (C=O) groups excluding carboxylic acids is 1. The van der Waals surface area contributed by atoms with Crippen molar-refractivity contribution in [2.75, 3.05) is 6.54 Å². The summed E-state index contributed by atoms with van der Waals surface area (Å²) in [7, 11) is 0. The van der Waals surface area contributed by atoms with Crippen molar-refractivity contribution in [1.29, 1.82) is 0 Å². The third kappa shape index (κ3) is 1.18. The summed E-state index contributed by atoms with van der Waals surface area (Å²) in [6.45, 7) is 0.517. The van der Waals surface area contributed by atoms with Crippen LogP contribution in [-0.2, 0) is 0 Å². The number of aliphatic imine (C=N–C) groups is 1. The molecule has 1 radical (unpaired) electrons. The summed E-state index contributed by atoms with van der Waals surface area (Å²) in [5.41, 5.74) is 1.73. The highest BCUT2D eigenvalue weighted by molar-refractivity contribution is 6.10. The van der Waals surface area contributed by atoms with Gasteiger partial charge in [0.25, 0.3) is 0 Å². The van der Waals surface area contributed by atoms with Gasteiger partial charge in [0.15, 0.2) is 6.54 Å². The Kier molecular flexibility index (Phi) is 1.59. The Morgan fingerprint density at radius 3 is 2.75 bits per heavy atom. The van der Waals surface area contributed by atoms with Crippen LogP contribution in [0, 0.1) is 0 Å². The Morgan fingerprint density at radius 2 is 2.17 bits per heavy atom. The Labute approximate surface area is 69.3 Å². The first-order valence-electron chi connectivity index (χ1n) is 3.62. The Bertz CT molecular complexity index is 331. The summed E-state index contributed by atoms with van der Waals surface area (Å²) in [5, 5.41) is 2.61. The average Bonchev–Trinajstić information content (AvgIpc) is 2.54. The third-order valence-corrected chi connectivity index (χ3v) is 1.66. The van der Waals surface area contributed by atoms with Crippen LogP contribution >= 0.6 is 0 Å². The number of nitrogens with one attached hydrogen (secondary N) is 1. The molecule has 0 spiro atoms.